The van der Waals surface area contributed by atoms with Crippen LogP contribution < -0.4 is 10.1 Å². The molecule has 0 saturated carbocycles. The summed E-state index contributed by atoms with van der Waals surface area (Å²) in [7, 11) is 0. The molecule has 0 aromatic heterocycles. The average molecular weight is 508 g/mol. The number of benzene rings is 3. The van der Waals surface area contributed by atoms with E-state index in [1.165, 1.54) is 42.5 Å². The molecule has 3 aromatic rings. The molecule has 2 N–H and O–H groups in total. The van der Waals surface area contributed by atoms with Crippen molar-refractivity contribution in [2.24, 2.45) is 0 Å². The van der Waals surface area contributed by atoms with E-state index in [9.17, 15) is 15.2 Å². The van der Waals surface area contributed by atoms with Crippen LogP contribution in [0.4, 0.5) is 5.69 Å². The average Bonchev–Trinajstić information content (AvgIpc) is 2.74. The highest BCUT2D eigenvalue weighted by atomic mass is 35.5. The van der Waals surface area contributed by atoms with Gasteiger partial charge in [-0.1, -0.05) is 52.5 Å². The van der Waals surface area contributed by atoms with Crippen LogP contribution in [0.5, 0.6) is 11.5 Å². The van der Waals surface area contributed by atoms with E-state index in [-0.39, 0.29) is 33.7 Å². The van der Waals surface area contributed by atoms with Gasteiger partial charge in [0.15, 0.2) is 5.75 Å². The Bertz CT molecular complexity index is 1210. The van der Waals surface area contributed by atoms with Gasteiger partial charge in [0.1, 0.15) is 24.0 Å². The van der Waals surface area contributed by atoms with Crippen molar-refractivity contribution in [2.45, 2.75) is 6.61 Å². The Morgan fingerprint density at radius 1 is 1.00 bits per heavy atom. The molecular weight excluding hydrogens is 494 g/mol. The van der Waals surface area contributed by atoms with Gasteiger partial charge in [-0.2, -0.15) is 5.26 Å². The maximum atomic E-state index is 12.4. The highest BCUT2D eigenvalue weighted by molar-refractivity contribution is 6.37. The molecule has 0 heterocycles. The summed E-state index contributed by atoms with van der Waals surface area (Å²) in [6.45, 7) is 0.114. The number of nitrogens with zero attached hydrogens (tertiary/aromatic N) is 1. The Kier molecular flexibility index (Phi) is 7.89. The van der Waals surface area contributed by atoms with Crippen LogP contribution >= 0.6 is 46.4 Å². The molecule has 0 atom stereocenters. The second-order valence-electron chi connectivity index (χ2n) is 6.51. The number of rotatable bonds is 6. The third kappa shape index (κ3) is 6.09. The number of amides is 1. The van der Waals surface area contributed by atoms with Gasteiger partial charge in [-0.25, -0.2) is 0 Å². The molecule has 0 saturated heterocycles. The largest absolute Gasteiger partial charge is 0.508 e. The number of carbonyl (C=O) groups is 1. The van der Waals surface area contributed by atoms with Crippen molar-refractivity contribution in [2.75, 3.05) is 5.32 Å². The van der Waals surface area contributed by atoms with Gasteiger partial charge in [0, 0.05) is 21.3 Å². The number of aromatic hydroxyl groups is 1. The number of phenolic OH excluding ortho intramolecular Hbond substituents is 1. The second kappa shape index (κ2) is 10.6. The summed E-state index contributed by atoms with van der Waals surface area (Å²) >= 11 is 24.7. The van der Waals surface area contributed by atoms with E-state index >= 15 is 0 Å². The summed E-state index contributed by atoms with van der Waals surface area (Å²) in [6, 6.07) is 15.8. The van der Waals surface area contributed by atoms with Gasteiger partial charge in [-0.15, -0.1) is 0 Å². The summed E-state index contributed by atoms with van der Waals surface area (Å²) in [5.41, 5.74) is 1.40. The molecule has 0 radical (unpaired) electrons. The monoisotopic (exact) mass is 506 g/mol. The van der Waals surface area contributed by atoms with Crippen LogP contribution in [0.3, 0.4) is 0 Å². The van der Waals surface area contributed by atoms with Crippen molar-refractivity contribution in [1.29, 1.82) is 5.26 Å². The predicted octanol–water partition coefficient (Wildman–Crippen LogP) is 7.13. The third-order valence-corrected chi connectivity index (χ3v) is 5.36. The molecule has 0 bridgehead atoms. The number of anilines is 1. The minimum Gasteiger partial charge on any atom is -0.508 e. The normalized spacial score (nSPS) is 11.0. The smallest absolute Gasteiger partial charge is 0.266 e. The first-order valence-electron chi connectivity index (χ1n) is 9.05. The predicted molar refractivity (Wildman–Crippen MR) is 128 cm³/mol. The van der Waals surface area contributed by atoms with Crippen LogP contribution in [0.15, 0.2) is 60.2 Å². The van der Waals surface area contributed by atoms with Gasteiger partial charge < -0.3 is 15.2 Å². The molecular formula is C23H14Cl4N2O3. The maximum Gasteiger partial charge on any atom is 0.266 e. The molecule has 9 heteroatoms. The molecule has 0 fully saturated rings. The van der Waals surface area contributed by atoms with E-state index in [1.807, 2.05) is 6.07 Å². The number of ether oxygens (including phenoxy) is 1. The minimum absolute atomic E-state index is 0.0592. The second-order valence-corrected chi connectivity index (χ2v) is 8.17. The van der Waals surface area contributed by atoms with Crippen molar-refractivity contribution in [3.05, 3.63) is 91.4 Å². The van der Waals surface area contributed by atoms with Crippen LogP contribution in [0.25, 0.3) is 6.08 Å². The summed E-state index contributed by atoms with van der Waals surface area (Å²) in [5.74, 6) is -0.323. The van der Waals surface area contributed by atoms with E-state index in [2.05, 4.69) is 5.32 Å². The van der Waals surface area contributed by atoms with Crippen LogP contribution in [0, 0.1) is 11.3 Å². The maximum absolute atomic E-state index is 12.4. The fourth-order valence-corrected chi connectivity index (χ4v) is 3.72. The van der Waals surface area contributed by atoms with Crippen LogP contribution in [-0.4, -0.2) is 11.0 Å². The number of nitrogens with one attached hydrogen (secondary N) is 1. The topological polar surface area (TPSA) is 82.3 Å². The molecule has 0 unspecified atom stereocenters. The molecule has 1 amide bonds. The van der Waals surface area contributed by atoms with E-state index in [0.717, 1.165) is 0 Å². The molecule has 5 nitrogen and oxygen atoms in total. The first kappa shape index (κ1) is 23.8. The van der Waals surface area contributed by atoms with Crippen LogP contribution in [-0.2, 0) is 11.4 Å². The lowest BCUT2D eigenvalue weighted by molar-refractivity contribution is -0.112. The Morgan fingerprint density at radius 2 is 1.66 bits per heavy atom. The summed E-state index contributed by atoms with van der Waals surface area (Å²) in [6.07, 6.45) is 1.35. The fraction of sp³-hybridized carbons (Fsp3) is 0.0435. The standard InChI is InChI=1S/C23H14Cl4N2O3/c24-16-2-1-14(19(25)10-16)12-32-22-20(26)8-13(9-21(22)27)7-15(11-28)23(31)29-17-3-5-18(30)6-4-17/h1-10,30H,12H2,(H,29,31)/b15-7+. The molecule has 0 aliphatic heterocycles. The highest BCUT2D eigenvalue weighted by Gasteiger charge is 2.14. The lowest BCUT2D eigenvalue weighted by Gasteiger charge is -2.12. The first-order valence-corrected chi connectivity index (χ1v) is 10.6. The molecule has 0 aliphatic rings. The first-order chi connectivity index (χ1) is 15.3. The molecule has 3 aromatic carbocycles. The van der Waals surface area contributed by atoms with Crippen molar-refractivity contribution in [3.8, 4) is 17.6 Å². The van der Waals surface area contributed by atoms with Crippen molar-refractivity contribution in [3.63, 3.8) is 0 Å². The molecule has 3 rings (SSSR count). The zero-order valence-corrected chi connectivity index (χ0v) is 19.2. The van der Waals surface area contributed by atoms with E-state index in [4.69, 9.17) is 51.1 Å². The lowest BCUT2D eigenvalue weighted by Crippen LogP contribution is -2.13. The lowest BCUT2D eigenvalue weighted by atomic mass is 10.1. The van der Waals surface area contributed by atoms with Gasteiger partial charge in [0.2, 0.25) is 0 Å². The number of halogens is 4. The van der Waals surface area contributed by atoms with Crippen molar-refractivity contribution >= 4 is 64.1 Å². The Balaban J connectivity index is 1.77. The number of phenols is 1. The number of carbonyl (C=O) groups excluding carboxylic acids is 1. The number of hydrogen-bond donors (Lipinski definition) is 2. The highest BCUT2D eigenvalue weighted by Crippen LogP contribution is 2.36. The number of nitriles is 1. The Labute approximate surface area is 204 Å². The number of hydrogen-bond acceptors (Lipinski definition) is 4. The molecule has 0 spiro atoms. The van der Waals surface area contributed by atoms with Crippen molar-refractivity contribution in [1.82, 2.24) is 0 Å². The molecule has 0 aliphatic carbocycles. The SMILES string of the molecule is N#C/C(=C\c1cc(Cl)c(OCc2ccc(Cl)cc2Cl)c(Cl)c1)C(=O)Nc1ccc(O)cc1. The molecule has 162 valence electrons. The van der Waals surface area contributed by atoms with E-state index < -0.39 is 5.91 Å². The Hall–Kier alpha value is -2.88. The van der Waals surface area contributed by atoms with Gasteiger partial charge in [0.05, 0.1) is 10.0 Å². The summed E-state index contributed by atoms with van der Waals surface area (Å²) in [4.78, 5) is 12.4. The summed E-state index contributed by atoms with van der Waals surface area (Å²) < 4.78 is 5.72. The third-order valence-electron chi connectivity index (χ3n) is 4.21. The molecule has 32 heavy (non-hydrogen) atoms. The van der Waals surface area contributed by atoms with Gasteiger partial charge >= 0.3 is 0 Å². The van der Waals surface area contributed by atoms with Gasteiger partial charge in [-0.3, -0.25) is 4.79 Å². The summed E-state index contributed by atoms with van der Waals surface area (Å²) in [5, 5.41) is 22.6. The quantitative estimate of drug-likeness (QED) is 0.211. The zero-order valence-electron chi connectivity index (χ0n) is 16.2. The van der Waals surface area contributed by atoms with Gasteiger partial charge in [-0.05, 0) is 60.2 Å². The fourth-order valence-electron chi connectivity index (χ4n) is 2.65. The minimum atomic E-state index is -0.622. The Morgan fingerprint density at radius 3 is 2.25 bits per heavy atom. The van der Waals surface area contributed by atoms with Crippen molar-refractivity contribution < 1.29 is 14.6 Å². The van der Waals surface area contributed by atoms with Gasteiger partial charge in [0.25, 0.3) is 5.91 Å². The zero-order chi connectivity index (χ0) is 23.3. The van der Waals surface area contributed by atoms with Crippen LogP contribution in [0.2, 0.25) is 20.1 Å². The van der Waals surface area contributed by atoms with Crippen LogP contribution in [0.1, 0.15) is 11.1 Å². The van der Waals surface area contributed by atoms with E-state index in [1.54, 1.807) is 18.2 Å². The van der Waals surface area contributed by atoms with E-state index in [0.29, 0.717) is 26.9 Å².